The lowest BCUT2D eigenvalue weighted by Crippen LogP contribution is -2.38. The Balaban J connectivity index is 1.32. The van der Waals surface area contributed by atoms with E-state index in [-0.39, 0.29) is 5.82 Å². The Morgan fingerprint density at radius 2 is 1.91 bits per heavy atom. The molecule has 0 aromatic carbocycles. The van der Waals surface area contributed by atoms with Gasteiger partial charge in [-0.3, -0.25) is 14.8 Å². The molecular weight excluding hydrogens is 431 g/mol. The van der Waals surface area contributed by atoms with Gasteiger partial charge in [-0.05, 0) is 56.0 Å². The Kier molecular flexibility index (Phi) is 4.91. The quantitative estimate of drug-likeness (QED) is 0.413. The number of aryl methyl sites for hydroxylation is 1. The first-order chi connectivity index (χ1) is 16.5. The molecule has 0 bridgehead atoms. The van der Waals surface area contributed by atoms with Gasteiger partial charge < -0.3 is 5.73 Å². The minimum absolute atomic E-state index is 0.326. The number of rotatable bonds is 5. The van der Waals surface area contributed by atoms with Crippen LogP contribution >= 0.6 is 0 Å². The second kappa shape index (κ2) is 8.11. The first-order valence-electron chi connectivity index (χ1n) is 11.3. The normalized spacial score (nSPS) is 17.7. The van der Waals surface area contributed by atoms with Crippen LogP contribution in [0, 0.1) is 18.7 Å². The van der Waals surface area contributed by atoms with Crippen LogP contribution in [0.3, 0.4) is 0 Å². The molecule has 6 rings (SSSR count). The fourth-order valence-electron chi connectivity index (χ4n) is 4.48. The molecule has 34 heavy (non-hydrogen) atoms. The maximum absolute atomic E-state index is 13.7. The zero-order chi connectivity index (χ0) is 23.2. The number of hydrogen-bond donors (Lipinski definition) is 2. The van der Waals surface area contributed by atoms with Crippen molar-refractivity contribution in [2.45, 2.75) is 32.4 Å². The summed E-state index contributed by atoms with van der Waals surface area (Å²) in [6.07, 6.45) is 9.65. The van der Waals surface area contributed by atoms with Gasteiger partial charge in [0.2, 0.25) is 0 Å². The van der Waals surface area contributed by atoms with Crippen molar-refractivity contribution in [1.29, 1.82) is 0 Å². The second-order valence-corrected chi connectivity index (χ2v) is 8.92. The van der Waals surface area contributed by atoms with Crippen molar-refractivity contribution in [3.8, 4) is 33.8 Å². The van der Waals surface area contributed by atoms with Gasteiger partial charge in [0, 0.05) is 47.9 Å². The van der Waals surface area contributed by atoms with E-state index < -0.39 is 0 Å². The SMILES string of the molecule is Cc1nc(-c2n[nH]cc2-c2ccc3ncc(-c4cnn(C[C@H]5C[C@@H](N)C5)c4)cc3n2)ccc1F. The summed E-state index contributed by atoms with van der Waals surface area (Å²) in [5, 5.41) is 11.7. The third-order valence-electron chi connectivity index (χ3n) is 6.40. The number of aromatic nitrogens is 7. The van der Waals surface area contributed by atoms with Crippen LogP contribution in [-0.4, -0.2) is 41.0 Å². The highest BCUT2D eigenvalue weighted by Crippen LogP contribution is 2.31. The molecular formula is C25H23FN8. The summed E-state index contributed by atoms with van der Waals surface area (Å²) in [5.74, 6) is 0.257. The van der Waals surface area contributed by atoms with Crippen molar-refractivity contribution < 1.29 is 4.39 Å². The number of fused-ring (bicyclic) bond motifs is 1. The number of halogens is 1. The van der Waals surface area contributed by atoms with Crippen molar-refractivity contribution in [2.24, 2.45) is 11.7 Å². The van der Waals surface area contributed by atoms with Crippen molar-refractivity contribution in [1.82, 2.24) is 34.9 Å². The zero-order valence-corrected chi connectivity index (χ0v) is 18.6. The van der Waals surface area contributed by atoms with E-state index in [0.29, 0.717) is 29.0 Å². The molecule has 170 valence electrons. The molecule has 0 atom stereocenters. The summed E-state index contributed by atoms with van der Waals surface area (Å²) in [5.41, 5.74) is 12.5. The first kappa shape index (κ1) is 20.6. The van der Waals surface area contributed by atoms with Crippen LogP contribution in [0.2, 0.25) is 0 Å². The van der Waals surface area contributed by atoms with E-state index in [9.17, 15) is 4.39 Å². The topological polar surface area (TPSA) is 111 Å². The second-order valence-electron chi connectivity index (χ2n) is 8.92. The minimum Gasteiger partial charge on any atom is -0.328 e. The van der Waals surface area contributed by atoms with Gasteiger partial charge in [-0.1, -0.05) is 0 Å². The molecule has 1 fully saturated rings. The maximum atomic E-state index is 13.7. The van der Waals surface area contributed by atoms with Crippen molar-refractivity contribution >= 4 is 11.0 Å². The molecule has 1 aliphatic rings. The number of nitrogens with zero attached hydrogens (tertiary/aromatic N) is 6. The standard InChI is InChI=1S/C25H23FN8/c1-14-20(26)2-3-23(31-14)25-19(11-29-33-25)21-4-5-22-24(32-21)8-16(9-28-22)17-10-30-34(13-17)12-15-6-18(27)7-15/h2-5,8-11,13,15,18H,6-7,12,27H2,1H3,(H,29,33)/t15-,18+. The summed E-state index contributed by atoms with van der Waals surface area (Å²) >= 11 is 0. The molecule has 5 aromatic rings. The smallest absolute Gasteiger partial charge is 0.144 e. The van der Waals surface area contributed by atoms with E-state index in [1.807, 2.05) is 41.5 Å². The zero-order valence-electron chi connectivity index (χ0n) is 18.6. The van der Waals surface area contributed by atoms with Gasteiger partial charge in [-0.15, -0.1) is 0 Å². The summed E-state index contributed by atoms with van der Waals surface area (Å²) in [7, 11) is 0. The number of nitrogens with two attached hydrogens (primary N) is 1. The number of pyridine rings is 3. The predicted molar refractivity (Wildman–Crippen MR) is 127 cm³/mol. The van der Waals surface area contributed by atoms with Crippen LogP contribution in [0.25, 0.3) is 44.8 Å². The molecule has 0 radical (unpaired) electrons. The van der Waals surface area contributed by atoms with E-state index in [1.165, 1.54) is 6.07 Å². The maximum Gasteiger partial charge on any atom is 0.144 e. The van der Waals surface area contributed by atoms with Crippen LogP contribution < -0.4 is 5.73 Å². The van der Waals surface area contributed by atoms with Crippen molar-refractivity contribution in [3.63, 3.8) is 0 Å². The highest BCUT2D eigenvalue weighted by molar-refractivity contribution is 5.84. The molecule has 9 heteroatoms. The monoisotopic (exact) mass is 454 g/mol. The number of nitrogens with one attached hydrogen (secondary N) is 1. The fourth-order valence-corrected chi connectivity index (χ4v) is 4.48. The van der Waals surface area contributed by atoms with Crippen molar-refractivity contribution in [2.75, 3.05) is 0 Å². The minimum atomic E-state index is -0.345. The van der Waals surface area contributed by atoms with Gasteiger partial charge in [-0.2, -0.15) is 10.2 Å². The average Bonchev–Trinajstić information content (AvgIpc) is 3.49. The van der Waals surface area contributed by atoms with Gasteiger partial charge in [-0.25, -0.2) is 14.4 Å². The lowest BCUT2D eigenvalue weighted by molar-refractivity contribution is 0.227. The first-order valence-corrected chi connectivity index (χ1v) is 11.3. The molecule has 5 heterocycles. The van der Waals surface area contributed by atoms with Gasteiger partial charge in [0.05, 0.1) is 34.3 Å². The molecule has 8 nitrogen and oxygen atoms in total. The molecule has 0 amide bonds. The van der Waals surface area contributed by atoms with E-state index >= 15 is 0 Å². The summed E-state index contributed by atoms with van der Waals surface area (Å²) in [6, 6.07) is 9.22. The number of aromatic amines is 1. The highest BCUT2D eigenvalue weighted by Gasteiger charge is 2.26. The Hall–Kier alpha value is -3.98. The van der Waals surface area contributed by atoms with Crippen molar-refractivity contribution in [3.05, 3.63) is 66.6 Å². The third-order valence-corrected chi connectivity index (χ3v) is 6.40. The summed E-state index contributed by atoms with van der Waals surface area (Å²) in [6.45, 7) is 2.52. The third kappa shape index (κ3) is 3.73. The molecule has 1 aliphatic carbocycles. The van der Waals surface area contributed by atoms with E-state index in [1.54, 1.807) is 19.2 Å². The Morgan fingerprint density at radius 3 is 2.74 bits per heavy atom. The van der Waals surface area contributed by atoms with Gasteiger partial charge in [0.1, 0.15) is 11.5 Å². The van der Waals surface area contributed by atoms with Crippen LogP contribution in [0.5, 0.6) is 0 Å². The van der Waals surface area contributed by atoms with Gasteiger partial charge in [0.25, 0.3) is 0 Å². The lowest BCUT2D eigenvalue weighted by atomic mass is 9.81. The van der Waals surface area contributed by atoms with Crippen LogP contribution in [0.1, 0.15) is 18.5 Å². The predicted octanol–water partition coefficient (Wildman–Crippen LogP) is 4.13. The Morgan fingerprint density at radius 1 is 1.06 bits per heavy atom. The van der Waals surface area contributed by atoms with Crippen LogP contribution in [-0.2, 0) is 6.54 Å². The molecule has 0 aliphatic heterocycles. The fraction of sp³-hybridized carbons (Fsp3) is 0.240. The molecule has 5 aromatic heterocycles. The van der Waals surface area contributed by atoms with Crippen LogP contribution in [0.15, 0.2) is 55.1 Å². The molecule has 0 spiro atoms. The largest absolute Gasteiger partial charge is 0.328 e. The van der Waals surface area contributed by atoms with E-state index in [0.717, 1.165) is 52.8 Å². The average molecular weight is 455 g/mol. The molecule has 3 N–H and O–H groups in total. The van der Waals surface area contributed by atoms with Crippen LogP contribution in [0.4, 0.5) is 4.39 Å². The van der Waals surface area contributed by atoms with Gasteiger partial charge >= 0.3 is 0 Å². The number of H-pyrrole nitrogens is 1. The molecule has 0 saturated heterocycles. The van der Waals surface area contributed by atoms with E-state index in [4.69, 9.17) is 10.7 Å². The van der Waals surface area contributed by atoms with Gasteiger partial charge in [0.15, 0.2) is 0 Å². The molecule has 0 unspecified atom stereocenters. The lowest BCUT2D eigenvalue weighted by Gasteiger charge is -2.32. The number of hydrogen-bond acceptors (Lipinski definition) is 6. The summed E-state index contributed by atoms with van der Waals surface area (Å²) < 4.78 is 15.7. The summed E-state index contributed by atoms with van der Waals surface area (Å²) in [4.78, 5) is 13.8. The molecule has 1 saturated carbocycles. The van der Waals surface area contributed by atoms with E-state index in [2.05, 4.69) is 25.3 Å². The highest BCUT2D eigenvalue weighted by atomic mass is 19.1. The Bertz CT molecular complexity index is 1500. The Labute approximate surface area is 195 Å².